The monoisotopic (exact) mass is 210 g/mol. The quantitative estimate of drug-likeness (QED) is 0.666. The summed E-state index contributed by atoms with van der Waals surface area (Å²) in [6.45, 7) is 10.7. The van der Waals surface area contributed by atoms with Gasteiger partial charge in [-0.1, -0.05) is 6.07 Å². The maximum Gasteiger partial charge on any atom is 0.135 e. The van der Waals surface area contributed by atoms with Crippen molar-refractivity contribution in [3.05, 3.63) is 30.1 Å². The summed E-state index contributed by atoms with van der Waals surface area (Å²) < 4.78 is 14.1. The maximum absolute atomic E-state index is 13.2. The molecule has 0 amide bonds. The van der Waals surface area contributed by atoms with Gasteiger partial charge in [0.1, 0.15) is 11.5 Å². The topological polar surface area (TPSA) is 0 Å². The minimum atomic E-state index is -0.141. The van der Waals surface area contributed by atoms with Crippen LogP contribution in [0.3, 0.4) is 0 Å². The summed E-state index contributed by atoms with van der Waals surface area (Å²) in [6.07, 6.45) is 0. The molecule has 1 nitrogen and oxygen atoms in total. The Morgan fingerprint density at radius 2 is 1.80 bits per heavy atom. The first-order valence-electron chi connectivity index (χ1n) is 5.69. The van der Waals surface area contributed by atoms with Crippen molar-refractivity contribution in [2.75, 3.05) is 13.1 Å². The molecule has 0 saturated carbocycles. The number of nitrogens with zero attached hydrogens (tertiary/aromatic N) is 1. The Balaban J connectivity index is 3.20. The zero-order chi connectivity index (χ0) is 11.5. The van der Waals surface area contributed by atoms with Gasteiger partial charge in [-0.2, -0.15) is 0 Å². The number of benzene rings is 1. The van der Waals surface area contributed by atoms with Gasteiger partial charge in [-0.3, -0.25) is 4.48 Å². The van der Waals surface area contributed by atoms with Gasteiger partial charge in [-0.15, -0.1) is 0 Å². The standard InChI is InChI=1S/C13H21FN/c1-5-15(6-2,11(3)4)13-9-7-8-12(14)10-13/h7-11H,5-6H2,1-4H3/q+1. The van der Waals surface area contributed by atoms with E-state index in [0.717, 1.165) is 23.3 Å². The van der Waals surface area contributed by atoms with Crippen LogP contribution >= 0.6 is 0 Å². The van der Waals surface area contributed by atoms with Gasteiger partial charge in [0.05, 0.1) is 19.1 Å². The Bertz CT molecular complexity index is 316. The molecule has 1 rings (SSSR count). The Labute approximate surface area is 92.1 Å². The van der Waals surface area contributed by atoms with Crippen LogP contribution < -0.4 is 4.48 Å². The summed E-state index contributed by atoms with van der Waals surface area (Å²) >= 11 is 0. The minimum Gasteiger partial charge on any atom is -0.290 e. The van der Waals surface area contributed by atoms with E-state index >= 15 is 0 Å². The molecule has 2 heteroatoms. The molecular formula is C13H21FN+. The van der Waals surface area contributed by atoms with Gasteiger partial charge in [-0.05, 0) is 39.8 Å². The van der Waals surface area contributed by atoms with Crippen molar-refractivity contribution in [1.82, 2.24) is 4.48 Å². The lowest BCUT2D eigenvalue weighted by Crippen LogP contribution is -2.54. The first-order valence-corrected chi connectivity index (χ1v) is 5.69. The first-order chi connectivity index (χ1) is 7.06. The van der Waals surface area contributed by atoms with E-state index in [-0.39, 0.29) is 5.82 Å². The van der Waals surface area contributed by atoms with E-state index in [4.69, 9.17) is 0 Å². The van der Waals surface area contributed by atoms with Gasteiger partial charge in [-0.25, -0.2) is 4.39 Å². The molecule has 0 saturated heterocycles. The van der Waals surface area contributed by atoms with Gasteiger partial charge in [0.2, 0.25) is 0 Å². The molecule has 0 atom stereocenters. The number of halogens is 1. The molecule has 0 aliphatic heterocycles. The van der Waals surface area contributed by atoms with E-state index in [1.807, 2.05) is 6.07 Å². The smallest absolute Gasteiger partial charge is 0.135 e. The van der Waals surface area contributed by atoms with Crippen LogP contribution in [0.15, 0.2) is 24.3 Å². The fourth-order valence-electron chi connectivity index (χ4n) is 2.37. The van der Waals surface area contributed by atoms with Crippen molar-refractivity contribution in [2.24, 2.45) is 0 Å². The summed E-state index contributed by atoms with van der Waals surface area (Å²) in [7, 11) is 0. The number of hydrogen-bond donors (Lipinski definition) is 0. The highest BCUT2D eigenvalue weighted by molar-refractivity contribution is 5.43. The number of hydrogen-bond acceptors (Lipinski definition) is 0. The first kappa shape index (κ1) is 12.2. The third-order valence-electron chi connectivity index (χ3n) is 3.44. The molecule has 0 bridgehead atoms. The molecule has 0 aliphatic rings. The van der Waals surface area contributed by atoms with Crippen LogP contribution in [0.2, 0.25) is 0 Å². The molecule has 1 aromatic carbocycles. The molecule has 0 aliphatic carbocycles. The highest BCUT2D eigenvalue weighted by Gasteiger charge is 2.30. The lowest BCUT2D eigenvalue weighted by Gasteiger charge is -2.40. The largest absolute Gasteiger partial charge is 0.290 e. The predicted molar refractivity (Wildman–Crippen MR) is 64.4 cm³/mol. The van der Waals surface area contributed by atoms with Crippen LogP contribution in [0.25, 0.3) is 0 Å². The van der Waals surface area contributed by atoms with Crippen LogP contribution in [0.4, 0.5) is 10.1 Å². The summed E-state index contributed by atoms with van der Waals surface area (Å²) in [4.78, 5) is 0. The normalized spacial score (nSPS) is 12.1. The van der Waals surface area contributed by atoms with Crippen molar-refractivity contribution >= 4 is 5.69 Å². The van der Waals surface area contributed by atoms with Crippen LogP contribution in [-0.2, 0) is 0 Å². The van der Waals surface area contributed by atoms with Gasteiger partial charge >= 0.3 is 0 Å². The lowest BCUT2D eigenvalue weighted by molar-refractivity contribution is 0.244. The van der Waals surface area contributed by atoms with Crippen LogP contribution in [-0.4, -0.2) is 19.1 Å². The molecule has 0 unspecified atom stereocenters. The summed E-state index contributed by atoms with van der Waals surface area (Å²) in [5.41, 5.74) is 1.08. The van der Waals surface area contributed by atoms with E-state index in [9.17, 15) is 4.39 Å². The summed E-state index contributed by atoms with van der Waals surface area (Å²) in [5.74, 6) is -0.141. The van der Waals surface area contributed by atoms with Gasteiger partial charge in [0.25, 0.3) is 0 Å². The number of quaternary nitrogens is 1. The van der Waals surface area contributed by atoms with Crippen molar-refractivity contribution in [1.29, 1.82) is 0 Å². The molecule has 0 heterocycles. The average molecular weight is 210 g/mol. The predicted octanol–water partition coefficient (Wildman–Crippen LogP) is 3.58. The molecule has 1 aromatic rings. The average Bonchev–Trinajstić information content (AvgIpc) is 2.20. The lowest BCUT2D eigenvalue weighted by atomic mass is 10.1. The van der Waals surface area contributed by atoms with Crippen molar-refractivity contribution < 1.29 is 4.39 Å². The van der Waals surface area contributed by atoms with E-state index in [1.54, 1.807) is 12.1 Å². The van der Waals surface area contributed by atoms with Crippen LogP contribution in [0.1, 0.15) is 27.7 Å². The molecule has 15 heavy (non-hydrogen) atoms. The van der Waals surface area contributed by atoms with E-state index in [2.05, 4.69) is 27.7 Å². The zero-order valence-corrected chi connectivity index (χ0v) is 10.1. The third-order valence-corrected chi connectivity index (χ3v) is 3.44. The van der Waals surface area contributed by atoms with E-state index in [0.29, 0.717) is 6.04 Å². The molecule has 0 spiro atoms. The number of rotatable bonds is 4. The highest BCUT2D eigenvalue weighted by atomic mass is 19.1. The Morgan fingerprint density at radius 1 is 1.20 bits per heavy atom. The molecule has 0 aromatic heterocycles. The molecule has 84 valence electrons. The molecule has 0 fully saturated rings. The van der Waals surface area contributed by atoms with Crippen molar-refractivity contribution in [3.63, 3.8) is 0 Å². The summed E-state index contributed by atoms with van der Waals surface area (Å²) in [6, 6.07) is 7.46. The fraction of sp³-hybridized carbons (Fsp3) is 0.538. The molecular weight excluding hydrogens is 189 g/mol. The van der Waals surface area contributed by atoms with Gasteiger partial charge in [0, 0.05) is 6.07 Å². The Hall–Kier alpha value is -0.890. The maximum atomic E-state index is 13.2. The van der Waals surface area contributed by atoms with Crippen LogP contribution in [0, 0.1) is 5.82 Å². The Morgan fingerprint density at radius 3 is 2.20 bits per heavy atom. The molecule has 0 N–H and O–H groups in total. The second-order valence-electron chi connectivity index (χ2n) is 4.24. The van der Waals surface area contributed by atoms with Gasteiger partial charge < -0.3 is 0 Å². The minimum absolute atomic E-state index is 0.141. The van der Waals surface area contributed by atoms with Gasteiger partial charge in [0.15, 0.2) is 0 Å². The second kappa shape index (κ2) is 4.75. The third kappa shape index (κ3) is 2.20. The fourth-order valence-corrected chi connectivity index (χ4v) is 2.37. The van der Waals surface area contributed by atoms with Crippen molar-refractivity contribution in [2.45, 2.75) is 33.7 Å². The van der Waals surface area contributed by atoms with Crippen molar-refractivity contribution in [3.8, 4) is 0 Å². The summed E-state index contributed by atoms with van der Waals surface area (Å²) in [5, 5.41) is 0. The SMILES string of the molecule is CC[N+](CC)(c1cccc(F)c1)C(C)C. The highest BCUT2D eigenvalue weighted by Crippen LogP contribution is 2.26. The van der Waals surface area contributed by atoms with E-state index in [1.165, 1.54) is 6.07 Å². The second-order valence-corrected chi connectivity index (χ2v) is 4.24. The van der Waals surface area contributed by atoms with Crippen LogP contribution in [0.5, 0.6) is 0 Å². The zero-order valence-electron chi connectivity index (χ0n) is 10.1. The Kier molecular flexibility index (Phi) is 3.86. The van der Waals surface area contributed by atoms with E-state index < -0.39 is 0 Å². The molecule has 0 radical (unpaired) electrons.